The summed E-state index contributed by atoms with van der Waals surface area (Å²) in [5.74, 6) is 0.261. The quantitative estimate of drug-likeness (QED) is 0.378. The van der Waals surface area contributed by atoms with Crippen molar-refractivity contribution in [1.29, 1.82) is 0 Å². The number of benzene rings is 3. The first kappa shape index (κ1) is 27.7. The van der Waals surface area contributed by atoms with Gasteiger partial charge in [-0.3, -0.25) is 9.59 Å². The van der Waals surface area contributed by atoms with Crippen LogP contribution in [-0.4, -0.2) is 43.0 Å². The molecule has 6 nitrogen and oxygen atoms in total. The van der Waals surface area contributed by atoms with Crippen LogP contribution in [-0.2, 0) is 29.0 Å². The monoisotopic (exact) mass is 506 g/mol. The molecule has 3 aromatic rings. The van der Waals surface area contributed by atoms with Crippen molar-refractivity contribution in [2.45, 2.75) is 51.7 Å². The lowest BCUT2D eigenvalue weighted by atomic mass is 10.0. The van der Waals surface area contributed by atoms with E-state index in [4.69, 9.17) is 9.47 Å². The van der Waals surface area contributed by atoms with E-state index in [0.717, 1.165) is 11.1 Å². The third-order valence-corrected chi connectivity index (χ3v) is 6.08. The third-order valence-electron chi connectivity index (χ3n) is 6.08. The Morgan fingerprint density at radius 2 is 1.57 bits per heavy atom. The van der Waals surface area contributed by atoms with Crippen molar-refractivity contribution < 1.29 is 23.5 Å². The average Bonchev–Trinajstić information content (AvgIpc) is 2.90. The Hall–Kier alpha value is -3.87. The molecular formula is C30H35FN2O4. The molecule has 0 spiro atoms. The fourth-order valence-electron chi connectivity index (χ4n) is 4.18. The van der Waals surface area contributed by atoms with E-state index in [1.165, 1.54) is 11.0 Å². The molecule has 0 bridgehead atoms. The van der Waals surface area contributed by atoms with Gasteiger partial charge < -0.3 is 19.7 Å². The van der Waals surface area contributed by atoms with Crippen molar-refractivity contribution >= 4 is 11.8 Å². The number of carbonyl (C=O) groups excluding carboxylic acids is 2. The molecule has 1 N–H and O–H groups in total. The molecule has 0 aromatic heterocycles. The van der Waals surface area contributed by atoms with Crippen LogP contribution < -0.4 is 14.8 Å². The number of hydrogen-bond acceptors (Lipinski definition) is 4. The average molecular weight is 507 g/mol. The van der Waals surface area contributed by atoms with E-state index in [-0.39, 0.29) is 30.8 Å². The Morgan fingerprint density at radius 3 is 2.22 bits per heavy atom. The molecule has 2 amide bonds. The highest BCUT2D eigenvalue weighted by atomic mass is 19.1. The maximum atomic E-state index is 14.7. The summed E-state index contributed by atoms with van der Waals surface area (Å²) in [7, 11) is 3.13. The van der Waals surface area contributed by atoms with E-state index >= 15 is 0 Å². The second-order valence-corrected chi connectivity index (χ2v) is 9.17. The summed E-state index contributed by atoms with van der Waals surface area (Å²) in [6, 6.07) is 20.5. The lowest BCUT2D eigenvalue weighted by molar-refractivity contribution is -0.141. The largest absolute Gasteiger partial charge is 0.493 e. The zero-order valence-electron chi connectivity index (χ0n) is 21.9. The number of ether oxygens (including phenoxy) is 2. The molecule has 0 heterocycles. The highest BCUT2D eigenvalue weighted by Gasteiger charge is 2.31. The Labute approximate surface area is 218 Å². The lowest BCUT2D eigenvalue weighted by Gasteiger charge is -2.32. The van der Waals surface area contributed by atoms with Gasteiger partial charge in [0.15, 0.2) is 11.5 Å². The molecule has 0 fully saturated rings. The van der Waals surface area contributed by atoms with Gasteiger partial charge in [0, 0.05) is 31.0 Å². The van der Waals surface area contributed by atoms with Gasteiger partial charge in [0.2, 0.25) is 11.8 Å². The molecule has 3 rings (SSSR count). The molecule has 0 saturated carbocycles. The van der Waals surface area contributed by atoms with Gasteiger partial charge >= 0.3 is 0 Å². The highest BCUT2D eigenvalue weighted by molar-refractivity contribution is 5.88. The summed E-state index contributed by atoms with van der Waals surface area (Å²) >= 11 is 0. The van der Waals surface area contributed by atoms with E-state index in [1.54, 1.807) is 38.5 Å². The first-order chi connectivity index (χ1) is 17.8. The molecule has 0 unspecified atom stereocenters. The lowest BCUT2D eigenvalue weighted by Crippen LogP contribution is -2.52. The minimum absolute atomic E-state index is 0.0134. The van der Waals surface area contributed by atoms with Gasteiger partial charge in [-0.25, -0.2) is 4.39 Å². The van der Waals surface area contributed by atoms with E-state index in [0.29, 0.717) is 29.9 Å². The van der Waals surface area contributed by atoms with Gasteiger partial charge in [-0.2, -0.15) is 0 Å². The van der Waals surface area contributed by atoms with E-state index in [9.17, 15) is 14.0 Å². The Balaban J connectivity index is 1.91. The summed E-state index contributed by atoms with van der Waals surface area (Å²) in [4.78, 5) is 28.6. The number of rotatable bonds is 12. The summed E-state index contributed by atoms with van der Waals surface area (Å²) in [5.41, 5.74) is 2.16. The van der Waals surface area contributed by atoms with Crippen molar-refractivity contribution in [2.75, 3.05) is 14.2 Å². The molecule has 0 radical (unpaired) electrons. The smallest absolute Gasteiger partial charge is 0.243 e. The fraction of sp³-hybridized carbons (Fsp3) is 0.333. The molecule has 0 aliphatic heterocycles. The first-order valence-electron chi connectivity index (χ1n) is 12.4. The fourth-order valence-corrected chi connectivity index (χ4v) is 4.18. The number of methoxy groups -OCH3 is 2. The summed E-state index contributed by atoms with van der Waals surface area (Å²) in [5, 5.41) is 2.94. The Kier molecular flexibility index (Phi) is 10.1. The van der Waals surface area contributed by atoms with Crippen LogP contribution in [0.2, 0.25) is 0 Å². The molecule has 1 atom stereocenters. The van der Waals surface area contributed by atoms with Gasteiger partial charge in [0.05, 0.1) is 14.2 Å². The zero-order valence-corrected chi connectivity index (χ0v) is 21.9. The van der Waals surface area contributed by atoms with Crippen LogP contribution in [0.3, 0.4) is 0 Å². The van der Waals surface area contributed by atoms with Gasteiger partial charge in [-0.15, -0.1) is 0 Å². The van der Waals surface area contributed by atoms with Crippen molar-refractivity contribution in [3.8, 4) is 11.5 Å². The predicted octanol–water partition coefficient (Wildman–Crippen LogP) is 4.94. The number of carbonyl (C=O) groups is 2. The number of nitrogens with zero attached hydrogens (tertiary/aromatic N) is 1. The van der Waals surface area contributed by atoms with Crippen LogP contribution >= 0.6 is 0 Å². The van der Waals surface area contributed by atoms with Gasteiger partial charge in [-0.1, -0.05) is 54.6 Å². The van der Waals surface area contributed by atoms with Gasteiger partial charge in [-0.05, 0) is 49.6 Å². The van der Waals surface area contributed by atoms with Crippen molar-refractivity contribution in [1.82, 2.24) is 10.2 Å². The first-order valence-corrected chi connectivity index (χ1v) is 12.4. The van der Waals surface area contributed by atoms with Gasteiger partial charge in [0.25, 0.3) is 0 Å². The molecule has 3 aromatic carbocycles. The zero-order chi connectivity index (χ0) is 26.8. The van der Waals surface area contributed by atoms with Crippen molar-refractivity contribution in [3.05, 3.63) is 95.3 Å². The molecule has 0 aliphatic carbocycles. The standard InChI is InChI=1S/C30H35FN2O4/c1-21(2)32-30(35)26(18-22-10-6-5-7-11-22)33(20-24-12-8-9-13-25(24)31)29(34)17-15-23-14-16-27(36-3)28(19-23)37-4/h5-14,16,19,21,26H,15,17-18,20H2,1-4H3,(H,32,35)/t26-/m1/s1. The summed E-state index contributed by atoms with van der Waals surface area (Å²) in [6.45, 7) is 3.73. The number of halogens is 1. The number of nitrogens with one attached hydrogen (secondary N) is 1. The predicted molar refractivity (Wildman–Crippen MR) is 142 cm³/mol. The molecule has 7 heteroatoms. The summed E-state index contributed by atoms with van der Waals surface area (Å²) < 4.78 is 25.3. The van der Waals surface area contributed by atoms with Crippen LogP contribution in [0, 0.1) is 5.82 Å². The van der Waals surface area contributed by atoms with E-state index in [2.05, 4.69) is 5.32 Å². The van der Waals surface area contributed by atoms with Crippen LogP contribution in [0.25, 0.3) is 0 Å². The minimum atomic E-state index is -0.803. The van der Waals surface area contributed by atoms with E-state index in [1.807, 2.05) is 56.3 Å². The topological polar surface area (TPSA) is 67.9 Å². The number of aryl methyl sites for hydroxylation is 1. The van der Waals surface area contributed by atoms with Crippen molar-refractivity contribution in [2.24, 2.45) is 0 Å². The molecule has 37 heavy (non-hydrogen) atoms. The maximum Gasteiger partial charge on any atom is 0.243 e. The van der Waals surface area contributed by atoms with Crippen LogP contribution in [0.5, 0.6) is 11.5 Å². The van der Waals surface area contributed by atoms with Crippen LogP contribution in [0.15, 0.2) is 72.8 Å². The molecule has 196 valence electrons. The second kappa shape index (κ2) is 13.4. The number of amides is 2. The maximum absolute atomic E-state index is 14.7. The van der Waals surface area contributed by atoms with Crippen LogP contribution in [0.1, 0.15) is 37.0 Å². The second-order valence-electron chi connectivity index (χ2n) is 9.17. The van der Waals surface area contributed by atoms with Crippen LogP contribution in [0.4, 0.5) is 4.39 Å². The highest BCUT2D eigenvalue weighted by Crippen LogP contribution is 2.28. The third kappa shape index (κ3) is 7.81. The molecule has 0 saturated heterocycles. The normalized spacial score (nSPS) is 11.6. The summed E-state index contributed by atoms with van der Waals surface area (Å²) in [6.07, 6.45) is 0.886. The van der Waals surface area contributed by atoms with Crippen molar-refractivity contribution in [3.63, 3.8) is 0 Å². The Morgan fingerprint density at radius 1 is 0.892 bits per heavy atom. The SMILES string of the molecule is COc1ccc(CCC(=O)N(Cc2ccccc2F)[C@H](Cc2ccccc2)C(=O)NC(C)C)cc1OC. The minimum Gasteiger partial charge on any atom is -0.493 e. The van der Waals surface area contributed by atoms with Gasteiger partial charge in [0.1, 0.15) is 11.9 Å². The number of hydrogen-bond donors (Lipinski definition) is 1. The molecule has 0 aliphatic rings. The van der Waals surface area contributed by atoms with E-state index < -0.39 is 11.9 Å². The Bertz CT molecular complexity index is 1180. The molecular weight excluding hydrogens is 471 g/mol.